The number of furan rings is 1. The molecule has 0 unspecified atom stereocenters. The Balaban J connectivity index is 2.88. The van der Waals surface area contributed by atoms with Gasteiger partial charge in [0, 0.05) is 12.8 Å². The standard InChI is InChI=1S/C10H17NO6S2/c1-10(2,18(3,13)14)7-11-19(15,16)9-5-4-8(6-12)17-9/h4-5,11-12H,6-7H2,1-3H3. The number of sulfone groups is 1. The van der Waals surface area contributed by atoms with Crippen molar-refractivity contribution in [2.45, 2.75) is 30.3 Å². The zero-order valence-corrected chi connectivity index (χ0v) is 12.5. The van der Waals surface area contributed by atoms with E-state index in [9.17, 15) is 16.8 Å². The monoisotopic (exact) mass is 311 g/mol. The number of aliphatic hydroxyl groups is 1. The Kier molecular flexibility index (Phi) is 4.45. The van der Waals surface area contributed by atoms with E-state index in [1.165, 1.54) is 26.0 Å². The molecule has 0 aliphatic heterocycles. The first-order valence-corrected chi connectivity index (χ1v) is 8.76. The number of sulfonamides is 1. The summed E-state index contributed by atoms with van der Waals surface area (Å²) in [4.78, 5) is 0. The number of hydrogen-bond donors (Lipinski definition) is 2. The molecule has 110 valence electrons. The first kappa shape index (κ1) is 16.2. The minimum atomic E-state index is -3.94. The SMILES string of the molecule is CC(C)(CNS(=O)(=O)c1ccc(CO)o1)S(C)(=O)=O. The first-order chi connectivity index (χ1) is 8.49. The normalized spacial score (nSPS) is 13.7. The fraction of sp³-hybridized carbons (Fsp3) is 0.600. The third kappa shape index (κ3) is 3.78. The van der Waals surface area contributed by atoms with Crippen molar-refractivity contribution in [1.29, 1.82) is 0 Å². The molecule has 1 aromatic heterocycles. The van der Waals surface area contributed by atoms with Crippen LogP contribution in [0.4, 0.5) is 0 Å². The highest BCUT2D eigenvalue weighted by Crippen LogP contribution is 2.17. The van der Waals surface area contributed by atoms with E-state index in [0.717, 1.165) is 6.26 Å². The van der Waals surface area contributed by atoms with Crippen LogP contribution in [0.15, 0.2) is 21.6 Å². The molecule has 7 nitrogen and oxygen atoms in total. The van der Waals surface area contributed by atoms with Gasteiger partial charge in [-0.1, -0.05) is 0 Å². The van der Waals surface area contributed by atoms with Gasteiger partial charge in [0.2, 0.25) is 5.09 Å². The second kappa shape index (κ2) is 5.23. The molecule has 19 heavy (non-hydrogen) atoms. The van der Waals surface area contributed by atoms with Gasteiger partial charge in [-0.25, -0.2) is 21.6 Å². The Bertz CT molecular complexity index is 641. The molecule has 9 heteroatoms. The molecule has 0 atom stereocenters. The van der Waals surface area contributed by atoms with Crippen LogP contribution in [-0.4, -0.2) is 39.5 Å². The third-order valence-corrected chi connectivity index (χ3v) is 6.17. The van der Waals surface area contributed by atoms with Crippen molar-refractivity contribution in [3.05, 3.63) is 17.9 Å². The summed E-state index contributed by atoms with van der Waals surface area (Å²) >= 11 is 0. The van der Waals surface area contributed by atoms with E-state index in [1.54, 1.807) is 0 Å². The van der Waals surface area contributed by atoms with Gasteiger partial charge < -0.3 is 9.52 Å². The van der Waals surface area contributed by atoms with Crippen molar-refractivity contribution in [1.82, 2.24) is 4.72 Å². The third-order valence-electron chi connectivity index (χ3n) is 2.75. The number of aliphatic hydroxyl groups excluding tert-OH is 1. The Morgan fingerprint density at radius 3 is 2.26 bits per heavy atom. The molecule has 0 saturated carbocycles. The smallest absolute Gasteiger partial charge is 0.274 e. The topological polar surface area (TPSA) is 114 Å². The summed E-state index contributed by atoms with van der Waals surface area (Å²) in [6, 6.07) is 2.53. The molecule has 2 N–H and O–H groups in total. The second-order valence-corrected chi connectivity index (χ2v) is 9.08. The van der Waals surface area contributed by atoms with Crippen molar-refractivity contribution >= 4 is 19.9 Å². The molecular weight excluding hydrogens is 294 g/mol. The van der Waals surface area contributed by atoms with Crippen LogP contribution in [-0.2, 0) is 26.5 Å². The maximum Gasteiger partial charge on any atom is 0.274 e. The maximum absolute atomic E-state index is 11.9. The number of hydrogen-bond acceptors (Lipinski definition) is 6. The second-order valence-electron chi connectivity index (χ2n) is 4.74. The summed E-state index contributed by atoms with van der Waals surface area (Å²) in [5, 5.41) is 8.43. The highest BCUT2D eigenvalue weighted by atomic mass is 32.2. The highest BCUT2D eigenvalue weighted by molar-refractivity contribution is 7.92. The molecule has 0 aliphatic carbocycles. The van der Waals surface area contributed by atoms with Crippen LogP contribution >= 0.6 is 0 Å². The lowest BCUT2D eigenvalue weighted by Gasteiger charge is -2.22. The average molecular weight is 311 g/mol. The fourth-order valence-corrected chi connectivity index (χ4v) is 2.64. The summed E-state index contributed by atoms with van der Waals surface area (Å²) in [5.41, 5.74) is 0. The molecule has 0 bridgehead atoms. The van der Waals surface area contributed by atoms with Crippen LogP contribution in [0.5, 0.6) is 0 Å². The molecule has 0 fully saturated rings. The van der Waals surface area contributed by atoms with Crippen LogP contribution in [0.2, 0.25) is 0 Å². The molecule has 0 amide bonds. The Morgan fingerprint density at radius 2 is 1.84 bits per heavy atom. The quantitative estimate of drug-likeness (QED) is 0.756. The van der Waals surface area contributed by atoms with E-state index >= 15 is 0 Å². The summed E-state index contributed by atoms with van der Waals surface area (Å²) in [5.74, 6) is 0.114. The van der Waals surface area contributed by atoms with Gasteiger partial charge in [-0.3, -0.25) is 0 Å². The lowest BCUT2D eigenvalue weighted by Crippen LogP contribution is -2.43. The van der Waals surface area contributed by atoms with Gasteiger partial charge in [0.05, 0.1) is 4.75 Å². The molecule has 1 aromatic rings. The van der Waals surface area contributed by atoms with E-state index in [0.29, 0.717) is 0 Å². The minimum Gasteiger partial charge on any atom is -0.446 e. The van der Waals surface area contributed by atoms with Gasteiger partial charge in [0.25, 0.3) is 10.0 Å². The highest BCUT2D eigenvalue weighted by Gasteiger charge is 2.32. The van der Waals surface area contributed by atoms with Gasteiger partial charge in [-0.15, -0.1) is 0 Å². The molecule has 0 spiro atoms. The van der Waals surface area contributed by atoms with Gasteiger partial charge in [-0.05, 0) is 26.0 Å². The van der Waals surface area contributed by atoms with Crippen molar-refractivity contribution < 1.29 is 26.4 Å². The zero-order valence-electron chi connectivity index (χ0n) is 10.9. The molecule has 0 saturated heterocycles. The van der Waals surface area contributed by atoms with Crippen molar-refractivity contribution in [2.24, 2.45) is 0 Å². The molecular formula is C10H17NO6S2. The van der Waals surface area contributed by atoms with E-state index in [2.05, 4.69) is 4.72 Å². The van der Waals surface area contributed by atoms with E-state index in [1.807, 2.05) is 0 Å². The largest absolute Gasteiger partial charge is 0.446 e. The Labute approximate surface area is 112 Å². The zero-order chi connectivity index (χ0) is 14.9. The lowest BCUT2D eigenvalue weighted by molar-refractivity contribution is 0.236. The molecule has 0 aromatic carbocycles. The summed E-state index contributed by atoms with van der Waals surface area (Å²) in [6.45, 7) is 2.16. The predicted octanol–water partition coefficient (Wildman–Crippen LogP) is -0.127. The van der Waals surface area contributed by atoms with E-state index in [-0.39, 0.29) is 17.4 Å². The van der Waals surface area contributed by atoms with E-state index in [4.69, 9.17) is 9.52 Å². The van der Waals surface area contributed by atoms with Crippen molar-refractivity contribution in [3.8, 4) is 0 Å². The molecule has 1 heterocycles. The van der Waals surface area contributed by atoms with Crippen LogP contribution in [0.3, 0.4) is 0 Å². The molecule has 1 rings (SSSR count). The Hall–Kier alpha value is -0.900. The van der Waals surface area contributed by atoms with Crippen LogP contribution in [0, 0.1) is 0 Å². The number of nitrogens with one attached hydrogen (secondary N) is 1. The average Bonchev–Trinajstić information content (AvgIpc) is 2.74. The van der Waals surface area contributed by atoms with Gasteiger partial charge in [0.15, 0.2) is 9.84 Å². The number of rotatable bonds is 6. The van der Waals surface area contributed by atoms with Gasteiger partial charge in [0.1, 0.15) is 12.4 Å². The van der Waals surface area contributed by atoms with Crippen molar-refractivity contribution in [3.63, 3.8) is 0 Å². The van der Waals surface area contributed by atoms with Gasteiger partial charge >= 0.3 is 0 Å². The van der Waals surface area contributed by atoms with Crippen LogP contribution in [0.1, 0.15) is 19.6 Å². The first-order valence-electron chi connectivity index (χ1n) is 5.38. The predicted molar refractivity (Wildman–Crippen MR) is 68.7 cm³/mol. The van der Waals surface area contributed by atoms with E-state index < -0.39 is 31.2 Å². The van der Waals surface area contributed by atoms with Crippen molar-refractivity contribution in [2.75, 3.05) is 12.8 Å². The van der Waals surface area contributed by atoms with Crippen LogP contribution < -0.4 is 4.72 Å². The lowest BCUT2D eigenvalue weighted by atomic mass is 10.2. The summed E-state index contributed by atoms with van der Waals surface area (Å²) < 4.78 is 52.5. The van der Waals surface area contributed by atoms with Crippen LogP contribution in [0.25, 0.3) is 0 Å². The minimum absolute atomic E-state index is 0.114. The fourth-order valence-electron chi connectivity index (χ4n) is 1.06. The van der Waals surface area contributed by atoms with Gasteiger partial charge in [-0.2, -0.15) is 0 Å². The summed E-state index contributed by atoms with van der Waals surface area (Å²) in [6.07, 6.45) is 1.04. The maximum atomic E-state index is 11.9. The molecule has 0 aliphatic rings. The summed E-state index contributed by atoms with van der Waals surface area (Å²) in [7, 11) is -7.34. The Morgan fingerprint density at radius 1 is 1.26 bits per heavy atom. The molecule has 0 radical (unpaired) electrons.